The maximum atomic E-state index is 12.9. The molecule has 9 heteroatoms. The fourth-order valence-corrected chi connectivity index (χ4v) is 4.65. The second-order valence-corrected chi connectivity index (χ2v) is 8.39. The normalized spacial score (nSPS) is 13.0. The number of H-pyrrole nitrogens is 1. The van der Waals surface area contributed by atoms with Crippen molar-refractivity contribution in [1.29, 1.82) is 0 Å². The Morgan fingerprint density at radius 2 is 2.19 bits per heavy atom. The minimum atomic E-state index is -2.63. The highest BCUT2D eigenvalue weighted by atomic mass is 32.2. The molecule has 0 aliphatic heterocycles. The molecule has 0 aliphatic rings. The molecule has 3 aromatic heterocycles. The number of hydrogen-bond acceptors (Lipinski definition) is 5. The molecule has 0 radical (unpaired) electrons. The Labute approximate surface area is 157 Å². The summed E-state index contributed by atoms with van der Waals surface area (Å²) >= 11 is 2.70. The molecule has 3 aromatic rings. The number of rotatable bonds is 7. The van der Waals surface area contributed by atoms with Crippen LogP contribution < -0.4 is 5.56 Å². The predicted molar refractivity (Wildman–Crippen MR) is 101 cm³/mol. The smallest absolute Gasteiger partial charge is 0.301 e. The number of fused-ring (bicyclic) bond motifs is 1. The Morgan fingerprint density at radius 3 is 2.88 bits per heavy atom. The molecule has 5 nitrogen and oxygen atoms in total. The zero-order valence-corrected chi connectivity index (χ0v) is 16.4. The summed E-state index contributed by atoms with van der Waals surface area (Å²) in [7, 11) is 0. The van der Waals surface area contributed by atoms with Gasteiger partial charge in [0.25, 0.3) is 5.56 Å². The van der Waals surface area contributed by atoms with Gasteiger partial charge in [0.05, 0.1) is 11.1 Å². The molecule has 0 saturated carbocycles. The third-order valence-electron chi connectivity index (χ3n) is 4.39. The quantitative estimate of drug-likeness (QED) is 0.460. The summed E-state index contributed by atoms with van der Waals surface area (Å²) in [5.41, 5.74) is 0.898. The lowest BCUT2D eigenvalue weighted by Gasteiger charge is -2.08. The number of halogens is 2. The molecule has 1 atom stereocenters. The topological polar surface area (TPSA) is 63.6 Å². The number of alkyl halides is 2. The van der Waals surface area contributed by atoms with Gasteiger partial charge in [0.15, 0.2) is 5.16 Å². The minimum absolute atomic E-state index is 0.169. The Kier molecular flexibility index (Phi) is 5.76. The zero-order valence-electron chi connectivity index (χ0n) is 14.8. The Morgan fingerprint density at radius 1 is 1.42 bits per heavy atom. The van der Waals surface area contributed by atoms with Crippen LogP contribution in [-0.4, -0.2) is 19.5 Å². The number of aromatic nitrogens is 4. The summed E-state index contributed by atoms with van der Waals surface area (Å²) in [4.78, 5) is 25.7. The van der Waals surface area contributed by atoms with Gasteiger partial charge in [-0.25, -0.2) is 9.97 Å². The molecule has 0 spiro atoms. The van der Waals surface area contributed by atoms with E-state index >= 15 is 0 Å². The number of nitrogens with one attached hydrogen (secondary N) is 1. The summed E-state index contributed by atoms with van der Waals surface area (Å²) in [6.07, 6.45) is 4.48. The lowest BCUT2D eigenvalue weighted by molar-refractivity contribution is 0.0678. The van der Waals surface area contributed by atoms with Gasteiger partial charge in [-0.15, -0.1) is 11.3 Å². The van der Waals surface area contributed by atoms with E-state index in [2.05, 4.69) is 28.8 Å². The predicted octanol–water partition coefficient (Wildman–Crippen LogP) is 4.77. The number of aryl methyl sites for hydroxylation is 1. The van der Waals surface area contributed by atoms with Gasteiger partial charge in [0.1, 0.15) is 10.7 Å². The number of nitrogens with zero attached hydrogens (tertiary/aromatic N) is 3. The van der Waals surface area contributed by atoms with Gasteiger partial charge >= 0.3 is 6.55 Å². The summed E-state index contributed by atoms with van der Waals surface area (Å²) < 4.78 is 26.6. The molecular weight excluding hydrogens is 378 g/mol. The van der Waals surface area contributed by atoms with E-state index < -0.39 is 6.55 Å². The van der Waals surface area contributed by atoms with Gasteiger partial charge in [-0.05, 0) is 24.8 Å². The number of imidazole rings is 1. The van der Waals surface area contributed by atoms with Gasteiger partial charge in [-0.1, -0.05) is 32.0 Å². The van der Waals surface area contributed by atoms with E-state index in [-0.39, 0.29) is 17.1 Å². The van der Waals surface area contributed by atoms with Gasteiger partial charge < -0.3 is 4.98 Å². The fourth-order valence-electron chi connectivity index (χ4n) is 2.73. The lowest BCUT2D eigenvalue weighted by atomic mass is 9.98. The van der Waals surface area contributed by atoms with Crippen LogP contribution >= 0.6 is 23.1 Å². The maximum absolute atomic E-state index is 12.9. The standard InChI is InChI=1S/C17H20F2N4OS2/c1-4-9(2)7-11-10(3)26-15-13(11)14(24)21-17(22-15)25-8-12-20-5-6-23(12)16(18)19/h5-6,9,16H,4,7-8H2,1-3H3,(H,21,22,24)/t9-/m0/s1. The van der Waals surface area contributed by atoms with Crippen LogP contribution in [0.4, 0.5) is 8.78 Å². The van der Waals surface area contributed by atoms with Crippen LogP contribution in [0.15, 0.2) is 22.3 Å². The first-order chi connectivity index (χ1) is 12.4. The molecule has 0 fully saturated rings. The van der Waals surface area contributed by atoms with Crippen LogP contribution in [-0.2, 0) is 12.2 Å². The highest BCUT2D eigenvalue weighted by molar-refractivity contribution is 7.98. The van der Waals surface area contributed by atoms with E-state index in [0.29, 0.717) is 21.3 Å². The first kappa shape index (κ1) is 19.0. The van der Waals surface area contributed by atoms with Gasteiger partial charge in [-0.2, -0.15) is 8.78 Å². The average Bonchev–Trinajstić information content (AvgIpc) is 3.18. The molecular formula is C17H20F2N4OS2. The van der Waals surface area contributed by atoms with Crippen molar-refractivity contribution in [3.8, 4) is 0 Å². The molecule has 1 N–H and O–H groups in total. The Bertz CT molecular complexity index is 963. The van der Waals surface area contributed by atoms with Crippen molar-refractivity contribution in [3.63, 3.8) is 0 Å². The molecule has 0 unspecified atom stereocenters. The van der Waals surface area contributed by atoms with E-state index in [1.807, 2.05) is 6.92 Å². The Balaban J connectivity index is 1.87. The van der Waals surface area contributed by atoms with Gasteiger partial charge in [-0.3, -0.25) is 9.36 Å². The van der Waals surface area contributed by atoms with Gasteiger partial charge in [0, 0.05) is 17.3 Å². The van der Waals surface area contributed by atoms with Crippen LogP contribution in [0.25, 0.3) is 10.2 Å². The molecule has 3 rings (SSSR count). The number of hydrogen-bond donors (Lipinski definition) is 1. The lowest BCUT2D eigenvalue weighted by Crippen LogP contribution is -2.11. The number of thioether (sulfide) groups is 1. The van der Waals surface area contributed by atoms with Gasteiger partial charge in [0.2, 0.25) is 0 Å². The molecule has 26 heavy (non-hydrogen) atoms. The van der Waals surface area contributed by atoms with Crippen molar-refractivity contribution in [2.75, 3.05) is 0 Å². The summed E-state index contributed by atoms with van der Waals surface area (Å²) in [5, 5.41) is 1.08. The third kappa shape index (κ3) is 3.83. The van der Waals surface area contributed by atoms with Crippen molar-refractivity contribution in [3.05, 3.63) is 39.0 Å². The van der Waals surface area contributed by atoms with Crippen LogP contribution in [0.3, 0.4) is 0 Å². The van der Waals surface area contributed by atoms with Crippen LogP contribution in [0.2, 0.25) is 0 Å². The molecule has 0 aliphatic carbocycles. The molecule has 0 saturated heterocycles. The highest BCUT2D eigenvalue weighted by Crippen LogP contribution is 2.31. The first-order valence-electron chi connectivity index (χ1n) is 8.35. The van der Waals surface area contributed by atoms with E-state index in [1.54, 1.807) is 0 Å². The maximum Gasteiger partial charge on any atom is 0.319 e. The second kappa shape index (κ2) is 7.87. The first-order valence-corrected chi connectivity index (χ1v) is 10.2. The number of thiophene rings is 1. The molecule has 3 heterocycles. The van der Waals surface area contributed by atoms with E-state index in [1.165, 1.54) is 35.5 Å². The summed E-state index contributed by atoms with van der Waals surface area (Å²) in [5.74, 6) is 0.941. The van der Waals surface area contributed by atoms with Crippen molar-refractivity contribution in [2.45, 2.75) is 51.1 Å². The average molecular weight is 399 g/mol. The number of aromatic amines is 1. The van der Waals surface area contributed by atoms with E-state index in [9.17, 15) is 13.6 Å². The Hall–Kier alpha value is -1.74. The van der Waals surface area contributed by atoms with Crippen molar-refractivity contribution < 1.29 is 8.78 Å². The molecule has 0 aromatic carbocycles. The monoisotopic (exact) mass is 398 g/mol. The van der Waals surface area contributed by atoms with E-state index in [4.69, 9.17) is 0 Å². The fraction of sp³-hybridized carbons (Fsp3) is 0.471. The van der Waals surface area contributed by atoms with Crippen molar-refractivity contribution >= 4 is 33.3 Å². The minimum Gasteiger partial charge on any atom is -0.301 e. The van der Waals surface area contributed by atoms with E-state index in [0.717, 1.165) is 27.8 Å². The van der Waals surface area contributed by atoms with Crippen LogP contribution in [0.1, 0.15) is 43.1 Å². The SMILES string of the molecule is CC[C@H](C)Cc1c(C)sc2nc(SCc3nccn3C(F)F)[nH]c(=O)c12. The summed E-state index contributed by atoms with van der Waals surface area (Å²) in [6, 6.07) is 0. The second-order valence-electron chi connectivity index (χ2n) is 6.22. The molecule has 0 amide bonds. The molecule has 0 bridgehead atoms. The molecule has 140 valence electrons. The van der Waals surface area contributed by atoms with Crippen molar-refractivity contribution in [2.24, 2.45) is 5.92 Å². The van der Waals surface area contributed by atoms with Crippen LogP contribution in [0, 0.1) is 12.8 Å². The van der Waals surface area contributed by atoms with Crippen LogP contribution in [0.5, 0.6) is 0 Å². The third-order valence-corrected chi connectivity index (χ3v) is 6.30. The zero-order chi connectivity index (χ0) is 18.8. The summed E-state index contributed by atoms with van der Waals surface area (Å²) in [6.45, 7) is 3.68. The highest BCUT2D eigenvalue weighted by Gasteiger charge is 2.18. The van der Waals surface area contributed by atoms with Crippen molar-refractivity contribution in [1.82, 2.24) is 19.5 Å². The largest absolute Gasteiger partial charge is 0.319 e.